The average Bonchev–Trinajstić information content (AvgIpc) is 2.96. The molecular formula is C16H22N4O2. The van der Waals surface area contributed by atoms with E-state index in [2.05, 4.69) is 4.98 Å². The first kappa shape index (κ1) is 14.8. The molecule has 2 fully saturated rings. The van der Waals surface area contributed by atoms with Crippen LogP contribution in [0.1, 0.15) is 30.3 Å². The zero-order valence-corrected chi connectivity index (χ0v) is 12.9. The third-order valence-corrected chi connectivity index (χ3v) is 4.59. The van der Waals surface area contributed by atoms with Crippen molar-refractivity contribution in [2.75, 3.05) is 32.7 Å². The van der Waals surface area contributed by atoms with E-state index in [1.54, 1.807) is 12.3 Å². The predicted molar refractivity (Wildman–Crippen MR) is 82.5 cm³/mol. The summed E-state index contributed by atoms with van der Waals surface area (Å²) in [6.45, 7) is 5.79. The largest absolute Gasteiger partial charge is 0.337 e. The van der Waals surface area contributed by atoms with Crippen LogP contribution in [0.2, 0.25) is 0 Å². The Hall–Kier alpha value is -2.11. The number of piperidine rings is 1. The maximum absolute atomic E-state index is 12.4. The van der Waals surface area contributed by atoms with Crippen molar-refractivity contribution in [1.82, 2.24) is 19.7 Å². The van der Waals surface area contributed by atoms with Crippen LogP contribution in [-0.4, -0.2) is 70.4 Å². The van der Waals surface area contributed by atoms with Crippen molar-refractivity contribution in [1.29, 1.82) is 0 Å². The highest BCUT2D eigenvalue weighted by atomic mass is 16.2. The van der Waals surface area contributed by atoms with Crippen LogP contribution in [0, 0.1) is 0 Å². The molecule has 1 aromatic rings. The maximum atomic E-state index is 12.4. The first-order valence-electron chi connectivity index (χ1n) is 7.96. The van der Waals surface area contributed by atoms with Crippen LogP contribution in [0.4, 0.5) is 4.79 Å². The van der Waals surface area contributed by atoms with Crippen LogP contribution in [0.5, 0.6) is 0 Å². The van der Waals surface area contributed by atoms with E-state index in [1.807, 2.05) is 33.8 Å². The normalized spacial score (nSPS) is 19.9. The predicted octanol–water partition coefficient (Wildman–Crippen LogP) is 1.44. The summed E-state index contributed by atoms with van der Waals surface area (Å²) in [5.41, 5.74) is 0.496. The zero-order valence-electron chi connectivity index (χ0n) is 12.9. The number of likely N-dealkylation sites (tertiary alicyclic amines) is 1. The molecule has 1 aromatic heterocycles. The number of hydrogen-bond donors (Lipinski definition) is 0. The number of pyridine rings is 1. The molecule has 22 heavy (non-hydrogen) atoms. The lowest BCUT2D eigenvalue weighted by molar-refractivity contribution is 0.0658. The van der Waals surface area contributed by atoms with Gasteiger partial charge in [0.15, 0.2) is 0 Å². The number of nitrogens with zero attached hydrogens (tertiary/aromatic N) is 4. The fourth-order valence-corrected chi connectivity index (χ4v) is 3.27. The van der Waals surface area contributed by atoms with Gasteiger partial charge in [-0.2, -0.15) is 0 Å². The summed E-state index contributed by atoms with van der Waals surface area (Å²) in [7, 11) is 0. The van der Waals surface area contributed by atoms with E-state index in [0.717, 1.165) is 32.5 Å². The van der Waals surface area contributed by atoms with Crippen molar-refractivity contribution in [3.05, 3.63) is 30.1 Å². The summed E-state index contributed by atoms with van der Waals surface area (Å²) in [4.78, 5) is 34.4. The third kappa shape index (κ3) is 2.77. The minimum absolute atomic E-state index is 0.0121. The van der Waals surface area contributed by atoms with Crippen LogP contribution >= 0.6 is 0 Å². The van der Waals surface area contributed by atoms with E-state index in [1.165, 1.54) is 0 Å². The van der Waals surface area contributed by atoms with Gasteiger partial charge in [0.25, 0.3) is 5.91 Å². The van der Waals surface area contributed by atoms with Gasteiger partial charge in [0.1, 0.15) is 5.69 Å². The molecule has 118 valence electrons. The highest BCUT2D eigenvalue weighted by Gasteiger charge is 2.35. The number of carbonyl (C=O) groups excluding carboxylic acids is 2. The Kier molecular flexibility index (Phi) is 4.27. The van der Waals surface area contributed by atoms with Crippen molar-refractivity contribution in [3.8, 4) is 0 Å². The zero-order chi connectivity index (χ0) is 15.5. The highest BCUT2D eigenvalue weighted by Crippen LogP contribution is 2.22. The molecule has 6 nitrogen and oxygen atoms in total. The molecule has 2 aliphatic heterocycles. The molecule has 6 heteroatoms. The molecule has 0 N–H and O–H groups in total. The number of amides is 3. The lowest BCUT2D eigenvalue weighted by Crippen LogP contribution is -2.48. The SMILES string of the molecule is CCN1CCN(C2CCN(C(=O)c3ccccn3)CC2)C1=O. The molecule has 0 saturated carbocycles. The van der Waals surface area contributed by atoms with E-state index in [9.17, 15) is 9.59 Å². The van der Waals surface area contributed by atoms with Crippen molar-refractivity contribution >= 4 is 11.9 Å². The summed E-state index contributed by atoms with van der Waals surface area (Å²) >= 11 is 0. The van der Waals surface area contributed by atoms with E-state index in [-0.39, 0.29) is 18.0 Å². The lowest BCUT2D eigenvalue weighted by atomic mass is 10.0. The molecule has 0 bridgehead atoms. The summed E-state index contributed by atoms with van der Waals surface area (Å²) in [5.74, 6) is -0.0121. The van der Waals surface area contributed by atoms with Crippen LogP contribution in [0.25, 0.3) is 0 Å². The first-order valence-corrected chi connectivity index (χ1v) is 7.96. The minimum Gasteiger partial charge on any atom is -0.337 e. The summed E-state index contributed by atoms with van der Waals surface area (Å²) in [5, 5.41) is 0. The van der Waals surface area contributed by atoms with Crippen LogP contribution in [0.15, 0.2) is 24.4 Å². The Labute approximate surface area is 130 Å². The van der Waals surface area contributed by atoms with E-state index < -0.39 is 0 Å². The molecule has 3 heterocycles. The van der Waals surface area contributed by atoms with E-state index in [0.29, 0.717) is 18.8 Å². The highest BCUT2D eigenvalue weighted by molar-refractivity contribution is 5.92. The van der Waals surface area contributed by atoms with Crippen LogP contribution in [-0.2, 0) is 0 Å². The topological polar surface area (TPSA) is 56.8 Å². The van der Waals surface area contributed by atoms with Gasteiger partial charge >= 0.3 is 6.03 Å². The Bertz CT molecular complexity index is 540. The molecule has 2 saturated heterocycles. The lowest BCUT2D eigenvalue weighted by Gasteiger charge is -2.36. The van der Waals surface area contributed by atoms with Crippen molar-refractivity contribution < 1.29 is 9.59 Å². The molecule has 2 aliphatic rings. The molecule has 3 amide bonds. The Morgan fingerprint density at radius 1 is 1.23 bits per heavy atom. The quantitative estimate of drug-likeness (QED) is 0.849. The van der Waals surface area contributed by atoms with Crippen molar-refractivity contribution in [2.24, 2.45) is 0 Å². The second-order valence-electron chi connectivity index (χ2n) is 5.79. The minimum atomic E-state index is -0.0121. The van der Waals surface area contributed by atoms with Gasteiger partial charge in [0.05, 0.1) is 0 Å². The standard InChI is InChI=1S/C16H22N4O2/c1-2-18-11-12-20(16(18)22)13-6-9-19(10-7-13)15(21)14-5-3-4-8-17-14/h3-5,8,13H,2,6-7,9-12H2,1H3. The van der Waals surface area contributed by atoms with Gasteiger partial charge in [-0.15, -0.1) is 0 Å². The Morgan fingerprint density at radius 3 is 2.59 bits per heavy atom. The molecule has 0 unspecified atom stereocenters. The van der Waals surface area contributed by atoms with Gasteiger partial charge < -0.3 is 14.7 Å². The van der Waals surface area contributed by atoms with Crippen LogP contribution < -0.4 is 0 Å². The van der Waals surface area contributed by atoms with Gasteiger partial charge in [-0.3, -0.25) is 9.78 Å². The molecule has 0 radical (unpaired) electrons. The van der Waals surface area contributed by atoms with E-state index >= 15 is 0 Å². The molecule has 0 aromatic carbocycles. The van der Waals surface area contributed by atoms with Crippen molar-refractivity contribution in [2.45, 2.75) is 25.8 Å². The molecule has 0 atom stereocenters. The molecule has 3 rings (SSSR count). The second kappa shape index (κ2) is 6.34. The fourth-order valence-electron chi connectivity index (χ4n) is 3.27. The number of aromatic nitrogens is 1. The number of rotatable bonds is 3. The summed E-state index contributed by atoms with van der Waals surface area (Å²) < 4.78 is 0. The van der Waals surface area contributed by atoms with Crippen LogP contribution in [0.3, 0.4) is 0 Å². The summed E-state index contributed by atoms with van der Waals surface area (Å²) in [6, 6.07) is 5.79. The number of carbonyl (C=O) groups is 2. The van der Waals surface area contributed by atoms with Gasteiger partial charge in [-0.05, 0) is 31.9 Å². The molecule has 0 aliphatic carbocycles. The van der Waals surface area contributed by atoms with Crippen molar-refractivity contribution in [3.63, 3.8) is 0 Å². The third-order valence-electron chi connectivity index (χ3n) is 4.59. The Balaban J connectivity index is 1.57. The van der Waals surface area contributed by atoms with Gasteiger partial charge in [-0.1, -0.05) is 6.07 Å². The average molecular weight is 302 g/mol. The first-order chi connectivity index (χ1) is 10.7. The summed E-state index contributed by atoms with van der Waals surface area (Å²) in [6.07, 6.45) is 3.34. The fraction of sp³-hybridized carbons (Fsp3) is 0.562. The number of hydrogen-bond acceptors (Lipinski definition) is 3. The monoisotopic (exact) mass is 302 g/mol. The van der Waals surface area contributed by atoms with Gasteiger partial charge in [-0.25, -0.2) is 4.79 Å². The van der Waals surface area contributed by atoms with E-state index in [4.69, 9.17) is 0 Å². The second-order valence-corrected chi connectivity index (χ2v) is 5.79. The Morgan fingerprint density at radius 2 is 2.00 bits per heavy atom. The number of likely N-dealkylation sites (N-methyl/N-ethyl adjacent to an activating group) is 1. The molecule has 0 spiro atoms. The van der Waals surface area contributed by atoms with Gasteiger partial charge in [0.2, 0.25) is 0 Å². The smallest absolute Gasteiger partial charge is 0.320 e. The van der Waals surface area contributed by atoms with Gasteiger partial charge in [0, 0.05) is 45.0 Å². The molecular weight excluding hydrogens is 280 g/mol. The maximum Gasteiger partial charge on any atom is 0.320 e. The number of urea groups is 1.